The molecule has 0 saturated heterocycles. The van der Waals surface area contributed by atoms with E-state index in [4.69, 9.17) is 0 Å². The molecule has 5 nitrogen and oxygen atoms in total. The zero-order valence-corrected chi connectivity index (χ0v) is 13.2. The van der Waals surface area contributed by atoms with Gasteiger partial charge in [-0.25, -0.2) is 9.55 Å². The molecule has 4 rings (SSSR count). The number of aromatic nitrogens is 3. The van der Waals surface area contributed by atoms with Crippen LogP contribution in [0, 0.1) is 0 Å². The molecule has 0 saturated carbocycles. The van der Waals surface area contributed by atoms with Gasteiger partial charge in [-0.2, -0.15) is 0 Å². The summed E-state index contributed by atoms with van der Waals surface area (Å²) in [6, 6.07) is 12.8. The van der Waals surface area contributed by atoms with E-state index in [0.29, 0.717) is 23.2 Å². The molecule has 0 aliphatic heterocycles. The Morgan fingerprint density at radius 2 is 1.88 bits per heavy atom. The Bertz CT molecular complexity index is 1100. The minimum atomic E-state index is -0.365. The quantitative estimate of drug-likeness (QED) is 0.540. The molecule has 0 amide bonds. The highest BCUT2D eigenvalue weighted by Crippen LogP contribution is 2.28. The Balaban J connectivity index is 1.92. The van der Waals surface area contributed by atoms with Crippen LogP contribution in [-0.4, -0.2) is 20.9 Å². The van der Waals surface area contributed by atoms with Crippen molar-refractivity contribution in [2.24, 2.45) is 0 Å². The molecule has 0 aliphatic rings. The second-order valence-corrected chi connectivity index (χ2v) is 6.03. The average Bonchev–Trinajstić information content (AvgIpc) is 3.12. The average molecular weight is 333 g/mol. The summed E-state index contributed by atoms with van der Waals surface area (Å²) in [6.45, 7) is 0. The van der Waals surface area contributed by atoms with Gasteiger partial charge in [0.05, 0.1) is 16.8 Å². The molecule has 0 bridgehead atoms. The van der Waals surface area contributed by atoms with Gasteiger partial charge in [-0.3, -0.25) is 14.6 Å². The normalized spacial score (nSPS) is 10.8. The highest BCUT2D eigenvalue weighted by Gasteiger charge is 2.14. The molecule has 116 valence electrons. The van der Waals surface area contributed by atoms with Crippen LogP contribution in [0.5, 0.6) is 0 Å². The van der Waals surface area contributed by atoms with Crippen molar-refractivity contribution in [1.29, 1.82) is 0 Å². The van der Waals surface area contributed by atoms with Crippen LogP contribution in [0.1, 0.15) is 0 Å². The highest BCUT2D eigenvalue weighted by molar-refractivity contribution is 7.13. The van der Waals surface area contributed by atoms with Gasteiger partial charge in [-0.15, -0.1) is 11.3 Å². The van der Waals surface area contributed by atoms with E-state index in [2.05, 4.69) is 9.97 Å². The topological polar surface area (TPSA) is 64.8 Å². The van der Waals surface area contributed by atoms with Gasteiger partial charge in [0, 0.05) is 23.3 Å². The first-order valence-corrected chi connectivity index (χ1v) is 8.12. The number of fused-ring (bicyclic) bond motifs is 1. The number of para-hydroxylation sites is 1. The molecular formula is C18H11N3O2S. The van der Waals surface area contributed by atoms with Gasteiger partial charge in [0.2, 0.25) is 6.41 Å². The molecule has 0 radical (unpaired) electrons. The Labute approximate surface area is 140 Å². The lowest BCUT2D eigenvalue weighted by Crippen LogP contribution is -2.21. The minimum absolute atomic E-state index is 0.365. The SMILES string of the molecule is O=Cn1c(=O)c(-c2csc(-c3ccncc3)n2)cc2ccccc21. The number of benzene rings is 1. The number of nitrogens with zero attached hydrogens (tertiary/aromatic N) is 3. The number of carbonyl (C=O) groups excluding carboxylic acids is 1. The summed E-state index contributed by atoms with van der Waals surface area (Å²) in [7, 11) is 0. The van der Waals surface area contributed by atoms with Gasteiger partial charge in [-0.1, -0.05) is 18.2 Å². The van der Waals surface area contributed by atoms with E-state index in [-0.39, 0.29) is 5.56 Å². The third kappa shape index (κ3) is 2.33. The van der Waals surface area contributed by atoms with Crippen molar-refractivity contribution < 1.29 is 4.79 Å². The van der Waals surface area contributed by atoms with Crippen LogP contribution >= 0.6 is 11.3 Å². The first kappa shape index (κ1) is 14.5. The molecule has 24 heavy (non-hydrogen) atoms. The molecule has 0 atom stereocenters. The third-order valence-corrected chi connectivity index (χ3v) is 4.65. The van der Waals surface area contributed by atoms with Gasteiger partial charge in [0.25, 0.3) is 5.56 Å². The number of carbonyl (C=O) groups is 1. The molecule has 1 aromatic carbocycles. The van der Waals surface area contributed by atoms with E-state index >= 15 is 0 Å². The summed E-state index contributed by atoms with van der Waals surface area (Å²) >= 11 is 1.45. The van der Waals surface area contributed by atoms with Crippen molar-refractivity contribution in [2.45, 2.75) is 0 Å². The molecule has 0 fully saturated rings. The molecule has 0 spiro atoms. The molecule has 4 aromatic rings. The Kier molecular flexibility index (Phi) is 3.51. The van der Waals surface area contributed by atoms with Crippen LogP contribution < -0.4 is 5.56 Å². The fourth-order valence-electron chi connectivity index (χ4n) is 2.60. The number of thiazole rings is 1. The highest BCUT2D eigenvalue weighted by atomic mass is 32.1. The molecular weight excluding hydrogens is 322 g/mol. The van der Waals surface area contributed by atoms with Crippen LogP contribution in [0.25, 0.3) is 32.7 Å². The van der Waals surface area contributed by atoms with Gasteiger partial charge in [0.1, 0.15) is 5.01 Å². The maximum Gasteiger partial charge on any atom is 0.267 e. The van der Waals surface area contributed by atoms with E-state index in [1.165, 1.54) is 11.3 Å². The van der Waals surface area contributed by atoms with Crippen molar-refractivity contribution in [2.75, 3.05) is 0 Å². The Morgan fingerprint density at radius 1 is 1.08 bits per heavy atom. The van der Waals surface area contributed by atoms with Crippen LogP contribution in [0.15, 0.2) is 65.0 Å². The predicted octanol–water partition coefficient (Wildman–Crippen LogP) is 3.23. The van der Waals surface area contributed by atoms with Crippen LogP contribution in [0.3, 0.4) is 0 Å². The molecule has 0 aliphatic carbocycles. The lowest BCUT2D eigenvalue weighted by atomic mass is 10.1. The summed E-state index contributed by atoms with van der Waals surface area (Å²) in [4.78, 5) is 32.6. The van der Waals surface area contributed by atoms with Gasteiger partial charge >= 0.3 is 0 Å². The fraction of sp³-hybridized carbons (Fsp3) is 0. The van der Waals surface area contributed by atoms with E-state index in [0.717, 1.165) is 20.5 Å². The largest absolute Gasteiger partial charge is 0.278 e. The number of rotatable bonds is 3. The van der Waals surface area contributed by atoms with E-state index in [1.54, 1.807) is 30.6 Å². The van der Waals surface area contributed by atoms with Crippen LogP contribution in [0.2, 0.25) is 0 Å². The summed E-state index contributed by atoms with van der Waals surface area (Å²) < 4.78 is 1.12. The first-order chi connectivity index (χ1) is 11.8. The minimum Gasteiger partial charge on any atom is -0.278 e. The second-order valence-electron chi connectivity index (χ2n) is 5.17. The predicted molar refractivity (Wildman–Crippen MR) is 94.7 cm³/mol. The number of hydrogen-bond acceptors (Lipinski definition) is 5. The van der Waals surface area contributed by atoms with E-state index < -0.39 is 0 Å². The van der Waals surface area contributed by atoms with E-state index in [9.17, 15) is 9.59 Å². The maximum absolute atomic E-state index is 12.6. The summed E-state index contributed by atoms with van der Waals surface area (Å²) in [5.74, 6) is 0. The smallest absolute Gasteiger partial charge is 0.267 e. The number of hydrogen-bond donors (Lipinski definition) is 0. The lowest BCUT2D eigenvalue weighted by molar-refractivity contribution is 0.547. The fourth-order valence-corrected chi connectivity index (χ4v) is 3.42. The standard InChI is InChI=1S/C18H11N3O2S/c22-11-21-16-4-2-1-3-13(16)9-14(18(21)23)15-10-24-17(20-15)12-5-7-19-8-6-12/h1-11H. The van der Waals surface area contributed by atoms with Gasteiger partial charge < -0.3 is 0 Å². The van der Waals surface area contributed by atoms with Crippen molar-refractivity contribution in [3.05, 3.63) is 70.6 Å². The zero-order chi connectivity index (χ0) is 16.5. The van der Waals surface area contributed by atoms with Crippen molar-refractivity contribution in [3.63, 3.8) is 0 Å². The Hall–Kier alpha value is -3.12. The molecule has 0 unspecified atom stereocenters. The Morgan fingerprint density at radius 3 is 2.67 bits per heavy atom. The van der Waals surface area contributed by atoms with E-state index in [1.807, 2.05) is 29.6 Å². The number of pyridine rings is 2. The van der Waals surface area contributed by atoms with Gasteiger partial charge in [0.15, 0.2) is 0 Å². The third-order valence-electron chi connectivity index (χ3n) is 3.76. The first-order valence-electron chi connectivity index (χ1n) is 7.24. The molecule has 6 heteroatoms. The molecule has 3 aromatic heterocycles. The van der Waals surface area contributed by atoms with Crippen molar-refractivity contribution in [3.8, 4) is 21.8 Å². The molecule has 0 N–H and O–H groups in total. The monoisotopic (exact) mass is 333 g/mol. The summed E-state index contributed by atoms with van der Waals surface area (Å²) in [6.07, 6.45) is 3.95. The molecule has 3 heterocycles. The van der Waals surface area contributed by atoms with Crippen LogP contribution in [-0.2, 0) is 4.79 Å². The van der Waals surface area contributed by atoms with Crippen LogP contribution in [0.4, 0.5) is 0 Å². The summed E-state index contributed by atoms with van der Waals surface area (Å²) in [5, 5.41) is 3.45. The van der Waals surface area contributed by atoms with Crippen molar-refractivity contribution in [1.82, 2.24) is 14.5 Å². The van der Waals surface area contributed by atoms with Crippen molar-refractivity contribution >= 4 is 28.6 Å². The maximum atomic E-state index is 12.6. The second kappa shape index (κ2) is 5.82. The summed E-state index contributed by atoms with van der Waals surface area (Å²) in [5.41, 5.74) is 2.15. The lowest BCUT2D eigenvalue weighted by Gasteiger charge is -2.06. The zero-order valence-electron chi connectivity index (χ0n) is 12.4. The van der Waals surface area contributed by atoms with Gasteiger partial charge in [-0.05, 0) is 29.7 Å².